The van der Waals surface area contributed by atoms with E-state index in [4.69, 9.17) is 0 Å². The molecule has 1 aliphatic rings. The highest BCUT2D eigenvalue weighted by Crippen LogP contribution is 2.43. The van der Waals surface area contributed by atoms with Crippen LogP contribution in [0.5, 0.6) is 0 Å². The predicted octanol–water partition coefficient (Wildman–Crippen LogP) is 4.74. The summed E-state index contributed by atoms with van der Waals surface area (Å²) >= 11 is 3.74. The number of nitrogens with zero attached hydrogens (tertiary/aromatic N) is 2. The van der Waals surface area contributed by atoms with Crippen LogP contribution in [-0.4, -0.2) is 22.4 Å². The van der Waals surface area contributed by atoms with Gasteiger partial charge < -0.3 is 5.32 Å². The number of nitrogens with one attached hydrogen (secondary N) is 1. The molecule has 21 heavy (non-hydrogen) atoms. The van der Waals surface area contributed by atoms with Crippen molar-refractivity contribution in [3.8, 4) is 0 Å². The molecule has 3 atom stereocenters. The third-order valence-electron chi connectivity index (χ3n) is 4.67. The first-order valence-electron chi connectivity index (χ1n) is 8.36. The third-order valence-corrected chi connectivity index (χ3v) is 5.28. The molecule has 1 N–H and O–H groups in total. The van der Waals surface area contributed by atoms with Gasteiger partial charge in [-0.15, -0.1) is 0 Å². The largest absolute Gasteiger partial charge is 0.314 e. The van der Waals surface area contributed by atoms with E-state index in [9.17, 15) is 0 Å². The van der Waals surface area contributed by atoms with Crippen molar-refractivity contribution in [1.29, 1.82) is 0 Å². The van der Waals surface area contributed by atoms with Crippen molar-refractivity contribution >= 4 is 15.9 Å². The first-order chi connectivity index (χ1) is 9.90. The molecule has 0 spiro atoms. The number of aromatic nitrogens is 2. The molecule has 2 rings (SSSR count). The van der Waals surface area contributed by atoms with Crippen molar-refractivity contribution in [2.75, 3.05) is 6.54 Å². The Bertz CT molecular complexity index is 453. The van der Waals surface area contributed by atoms with Crippen molar-refractivity contribution < 1.29 is 0 Å². The molecule has 4 heteroatoms. The first-order valence-corrected chi connectivity index (χ1v) is 9.15. The summed E-state index contributed by atoms with van der Waals surface area (Å²) in [6.45, 7) is 12.4. The molecule has 0 bridgehead atoms. The Morgan fingerprint density at radius 2 is 2.05 bits per heavy atom. The summed E-state index contributed by atoms with van der Waals surface area (Å²) in [6.07, 6.45) is 5.93. The third kappa shape index (κ3) is 4.10. The van der Waals surface area contributed by atoms with Gasteiger partial charge in [-0.25, -0.2) is 0 Å². The van der Waals surface area contributed by atoms with Crippen LogP contribution in [0.15, 0.2) is 10.7 Å². The SMILES string of the molecule is CC1CCC(CNC(C)C)C(c2c(Br)cnn2C(C)C)C1. The fraction of sp³-hybridized carbons (Fsp3) is 0.824. The molecule has 3 nitrogen and oxygen atoms in total. The van der Waals surface area contributed by atoms with Gasteiger partial charge in [0.05, 0.1) is 16.4 Å². The fourth-order valence-electron chi connectivity index (χ4n) is 3.52. The summed E-state index contributed by atoms with van der Waals surface area (Å²) in [4.78, 5) is 0. The monoisotopic (exact) mass is 355 g/mol. The van der Waals surface area contributed by atoms with E-state index in [2.05, 4.69) is 65.6 Å². The minimum absolute atomic E-state index is 0.419. The predicted molar refractivity (Wildman–Crippen MR) is 92.7 cm³/mol. The van der Waals surface area contributed by atoms with Crippen LogP contribution in [0, 0.1) is 11.8 Å². The van der Waals surface area contributed by atoms with Crippen LogP contribution < -0.4 is 5.32 Å². The maximum Gasteiger partial charge on any atom is 0.0635 e. The second-order valence-electron chi connectivity index (χ2n) is 7.26. The lowest BCUT2D eigenvalue weighted by molar-refractivity contribution is 0.226. The van der Waals surface area contributed by atoms with Gasteiger partial charge in [0.1, 0.15) is 0 Å². The second-order valence-corrected chi connectivity index (χ2v) is 8.12. The van der Waals surface area contributed by atoms with E-state index in [0.29, 0.717) is 23.9 Å². The summed E-state index contributed by atoms with van der Waals surface area (Å²) in [6, 6.07) is 0.977. The molecule has 1 fully saturated rings. The molecule has 0 saturated heterocycles. The topological polar surface area (TPSA) is 29.9 Å². The summed E-state index contributed by atoms with van der Waals surface area (Å²) in [7, 11) is 0. The molecule has 1 aromatic heterocycles. The van der Waals surface area contributed by atoms with Gasteiger partial charge >= 0.3 is 0 Å². The molecule has 0 aromatic carbocycles. The van der Waals surface area contributed by atoms with E-state index in [1.165, 1.54) is 29.4 Å². The Balaban J connectivity index is 2.25. The van der Waals surface area contributed by atoms with Gasteiger partial charge in [-0.3, -0.25) is 4.68 Å². The lowest BCUT2D eigenvalue weighted by Crippen LogP contribution is -2.35. The Hall–Kier alpha value is -0.350. The van der Waals surface area contributed by atoms with E-state index < -0.39 is 0 Å². The highest BCUT2D eigenvalue weighted by Gasteiger charge is 2.33. The maximum atomic E-state index is 4.59. The summed E-state index contributed by atoms with van der Waals surface area (Å²) in [5.74, 6) is 2.14. The van der Waals surface area contributed by atoms with Crippen molar-refractivity contribution in [3.05, 3.63) is 16.4 Å². The van der Waals surface area contributed by atoms with Gasteiger partial charge in [0.15, 0.2) is 0 Å². The van der Waals surface area contributed by atoms with Crippen LogP contribution in [-0.2, 0) is 0 Å². The number of hydrogen-bond donors (Lipinski definition) is 1. The van der Waals surface area contributed by atoms with E-state index in [1.807, 2.05) is 6.20 Å². The zero-order chi connectivity index (χ0) is 15.6. The fourth-order valence-corrected chi connectivity index (χ4v) is 4.09. The van der Waals surface area contributed by atoms with Crippen LogP contribution in [0.3, 0.4) is 0 Å². The summed E-state index contributed by atoms with van der Waals surface area (Å²) in [5.41, 5.74) is 1.41. The van der Waals surface area contributed by atoms with Gasteiger partial charge in [-0.1, -0.05) is 27.2 Å². The van der Waals surface area contributed by atoms with Gasteiger partial charge in [-0.05, 0) is 61.0 Å². The smallest absolute Gasteiger partial charge is 0.0635 e. The molecule has 0 amide bonds. The molecule has 1 saturated carbocycles. The van der Waals surface area contributed by atoms with E-state index in [-0.39, 0.29) is 0 Å². The van der Waals surface area contributed by atoms with E-state index >= 15 is 0 Å². The molecule has 120 valence electrons. The van der Waals surface area contributed by atoms with Crippen LogP contribution in [0.4, 0.5) is 0 Å². The van der Waals surface area contributed by atoms with Gasteiger partial charge in [0.25, 0.3) is 0 Å². The van der Waals surface area contributed by atoms with E-state index in [1.54, 1.807) is 0 Å². The van der Waals surface area contributed by atoms with Gasteiger partial charge in [0, 0.05) is 18.0 Å². The Morgan fingerprint density at radius 1 is 1.33 bits per heavy atom. The normalized spacial score (nSPS) is 26.8. The summed E-state index contributed by atoms with van der Waals surface area (Å²) < 4.78 is 3.40. The van der Waals surface area contributed by atoms with Crippen molar-refractivity contribution in [2.45, 2.75) is 71.9 Å². The number of halogens is 1. The maximum absolute atomic E-state index is 4.59. The van der Waals surface area contributed by atoms with Gasteiger partial charge in [0.2, 0.25) is 0 Å². The number of rotatable bonds is 5. The molecule has 1 heterocycles. The van der Waals surface area contributed by atoms with E-state index in [0.717, 1.165) is 12.5 Å². The Kier molecular flexibility index (Phi) is 5.89. The lowest BCUT2D eigenvalue weighted by atomic mass is 9.73. The second kappa shape index (κ2) is 7.28. The average Bonchev–Trinajstić information content (AvgIpc) is 2.79. The molecule has 1 aromatic rings. The molecular formula is C17H30BrN3. The van der Waals surface area contributed by atoms with Crippen LogP contribution in [0.25, 0.3) is 0 Å². The van der Waals surface area contributed by atoms with Crippen LogP contribution in [0.2, 0.25) is 0 Å². The van der Waals surface area contributed by atoms with Crippen molar-refractivity contribution in [3.63, 3.8) is 0 Å². The molecule has 3 unspecified atom stereocenters. The van der Waals surface area contributed by atoms with Crippen LogP contribution in [0.1, 0.15) is 71.5 Å². The lowest BCUT2D eigenvalue weighted by Gasteiger charge is -2.36. The Labute approximate surface area is 138 Å². The number of hydrogen-bond acceptors (Lipinski definition) is 2. The zero-order valence-corrected chi connectivity index (χ0v) is 15.7. The minimum Gasteiger partial charge on any atom is -0.314 e. The van der Waals surface area contributed by atoms with Crippen molar-refractivity contribution in [2.24, 2.45) is 11.8 Å². The zero-order valence-electron chi connectivity index (χ0n) is 14.1. The first kappa shape index (κ1) is 17.0. The average molecular weight is 356 g/mol. The quantitative estimate of drug-likeness (QED) is 0.826. The molecule has 0 radical (unpaired) electrons. The van der Waals surface area contributed by atoms with Crippen molar-refractivity contribution in [1.82, 2.24) is 15.1 Å². The highest BCUT2D eigenvalue weighted by molar-refractivity contribution is 9.10. The van der Waals surface area contributed by atoms with Crippen LogP contribution >= 0.6 is 15.9 Å². The Morgan fingerprint density at radius 3 is 2.67 bits per heavy atom. The highest BCUT2D eigenvalue weighted by atomic mass is 79.9. The summed E-state index contributed by atoms with van der Waals surface area (Å²) in [5, 5.41) is 8.24. The molecule has 1 aliphatic carbocycles. The van der Waals surface area contributed by atoms with Gasteiger partial charge in [-0.2, -0.15) is 5.10 Å². The molecular weight excluding hydrogens is 326 g/mol. The standard InChI is InChI=1S/C17H30BrN3/c1-11(2)19-9-14-7-6-13(5)8-15(14)17-16(18)10-20-21(17)12(3)4/h10-15,19H,6-9H2,1-5H3. The minimum atomic E-state index is 0.419. The molecule has 0 aliphatic heterocycles.